The molecule has 0 saturated heterocycles. The van der Waals surface area contributed by atoms with E-state index in [2.05, 4.69) is 55.5 Å². The van der Waals surface area contributed by atoms with Crippen LogP contribution in [0.25, 0.3) is 0 Å². The van der Waals surface area contributed by atoms with E-state index in [1.165, 1.54) is 37.1 Å². The standard InChI is InChI=1S/C17H32N2S/c1-5-10-17(3,14-18-11-6-2)15-19(4)12-9-16-8-7-13-20-16/h7-8,13,18H,5-6,9-12,14-15H2,1-4H3. The maximum absolute atomic E-state index is 3.61. The van der Waals surface area contributed by atoms with Crippen molar-refractivity contribution in [3.63, 3.8) is 0 Å². The normalized spacial score (nSPS) is 14.7. The summed E-state index contributed by atoms with van der Waals surface area (Å²) < 4.78 is 0. The first kappa shape index (κ1) is 17.7. The largest absolute Gasteiger partial charge is 0.316 e. The second-order valence-electron chi connectivity index (χ2n) is 6.30. The molecule has 1 rings (SSSR count). The molecule has 1 unspecified atom stereocenters. The fraction of sp³-hybridized carbons (Fsp3) is 0.765. The molecular formula is C17H32N2S. The lowest BCUT2D eigenvalue weighted by molar-refractivity contribution is 0.174. The van der Waals surface area contributed by atoms with Gasteiger partial charge in [0.05, 0.1) is 0 Å². The van der Waals surface area contributed by atoms with Crippen LogP contribution in [0.4, 0.5) is 0 Å². The zero-order chi connectivity index (χ0) is 14.8. The van der Waals surface area contributed by atoms with Gasteiger partial charge in [0.15, 0.2) is 0 Å². The average molecular weight is 297 g/mol. The van der Waals surface area contributed by atoms with Crippen LogP contribution in [0.1, 0.15) is 44.9 Å². The van der Waals surface area contributed by atoms with E-state index in [9.17, 15) is 0 Å². The molecule has 1 atom stereocenters. The van der Waals surface area contributed by atoms with Crippen LogP contribution in [0.3, 0.4) is 0 Å². The molecule has 0 aliphatic rings. The summed E-state index contributed by atoms with van der Waals surface area (Å²) in [6.45, 7) is 11.6. The quantitative estimate of drug-likeness (QED) is 0.620. The van der Waals surface area contributed by atoms with Crippen molar-refractivity contribution >= 4 is 11.3 Å². The summed E-state index contributed by atoms with van der Waals surface area (Å²) in [4.78, 5) is 4.00. The van der Waals surface area contributed by atoms with Gasteiger partial charge in [0.1, 0.15) is 0 Å². The van der Waals surface area contributed by atoms with E-state index < -0.39 is 0 Å². The lowest BCUT2D eigenvalue weighted by Crippen LogP contribution is -2.41. The fourth-order valence-corrected chi connectivity index (χ4v) is 3.58. The van der Waals surface area contributed by atoms with E-state index in [0.717, 1.165) is 19.6 Å². The second kappa shape index (κ2) is 9.54. The molecule has 0 aromatic carbocycles. The smallest absolute Gasteiger partial charge is 0.00579 e. The van der Waals surface area contributed by atoms with E-state index in [0.29, 0.717) is 5.41 Å². The molecule has 0 spiro atoms. The Kier molecular flexibility index (Phi) is 8.43. The lowest BCUT2D eigenvalue weighted by Gasteiger charge is -2.34. The summed E-state index contributed by atoms with van der Waals surface area (Å²) in [5.41, 5.74) is 0.397. The molecule has 116 valence electrons. The number of hydrogen-bond acceptors (Lipinski definition) is 3. The number of likely N-dealkylation sites (N-methyl/N-ethyl adjacent to an activating group) is 1. The van der Waals surface area contributed by atoms with Gasteiger partial charge >= 0.3 is 0 Å². The Hall–Kier alpha value is -0.380. The first-order valence-corrected chi connectivity index (χ1v) is 8.89. The van der Waals surface area contributed by atoms with Gasteiger partial charge in [-0.2, -0.15) is 0 Å². The summed E-state index contributed by atoms with van der Waals surface area (Å²) in [5, 5.41) is 5.78. The van der Waals surface area contributed by atoms with E-state index in [1.807, 2.05) is 11.3 Å². The highest BCUT2D eigenvalue weighted by Crippen LogP contribution is 2.23. The minimum Gasteiger partial charge on any atom is -0.316 e. The highest BCUT2D eigenvalue weighted by atomic mass is 32.1. The highest BCUT2D eigenvalue weighted by Gasteiger charge is 2.24. The van der Waals surface area contributed by atoms with Crippen LogP contribution in [-0.2, 0) is 6.42 Å². The SMILES string of the molecule is CCCNCC(C)(CCC)CN(C)CCc1cccs1. The minimum absolute atomic E-state index is 0.397. The Morgan fingerprint density at radius 3 is 2.70 bits per heavy atom. The summed E-state index contributed by atoms with van der Waals surface area (Å²) in [6.07, 6.45) is 4.96. The molecule has 0 amide bonds. The Labute approximate surface area is 129 Å². The van der Waals surface area contributed by atoms with Crippen LogP contribution in [0, 0.1) is 5.41 Å². The van der Waals surface area contributed by atoms with Crippen molar-refractivity contribution in [1.82, 2.24) is 10.2 Å². The molecule has 0 aliphatic carbocycles. The van der Waals surface area contributed by atoms with E-state index in [-0.39, 0.29) is 0 Å². The van der Waals surface area contributed by atoms with Gasteiger partial charge in [0.2, 0.25) is 0 Å². The maximum Gasteiger partial charge on any atom is 0.00579 e. The predicted molar refractivity (Wildman–Crippen MR) is 91.7 cm³/mol. The predicted octanol–water partition coefficient (Wildman–Crippen LogP) is 4.03. The topological polar surface area (TPSA) is 15.3 Å². The van der Waals surface area contributed by atoms with Crippen molar-refractivity contribution in [3.05, 3.63) is 22.4 Å². The number of rotatable bonds is 11. The van der Waals surface area contributed by atoms with Crippen LogP contribution in [-0.4, -0.2) is 38.1 Å². The van der Waals surface area contributed by atoms with Gasteiger partial charge in [-0.15, -0.1) is 11.3 Å². The third kappa shape index (κ3) is 6.87. The lowest BCUT2D eigenvalue weighted by atomic mass is 9.84. The third-order valence-corrected chi connectivity index (χ3v) is 4.74. The molecular weight excluding hydrogens is 264 g/mol. The zero-order valence-corrected chi connectivity index (χ0v) is 14.6. The van der Waals surface area contributed by atoms with Crippen molar-refractivity contribution in [1.29, 1.82) is 0 Å². The molecule has 20 heavy (non-hydrogen) atoms. The van der Waals surface area contributed by atoms with Crippen molar-refractivity contribution in [3.8, 4) is 0 Å². The summed E-state index contributed by atoms with van der Waals surface area (Å²) in [5.74, 6) is 0. The maximum atomic E-state index is 3.61. The van der Waals surface area contributed by atoms with Crippen molar-refractivity contribution in [2.24, 2.45) is 5.41 Å². The van der Waals surface area contributed by atoms with Gasteiger partial charge in [0, 0.05) is 24.5 Å². The van der Waals surface area contributed by atoms with E-state index in [1.54, 1.807) is 0 Å². The Bertz CT molecular complexity index is 337. The van der Waals surface area contributed by atoms with Crippen LogP contribution in [0.15, 0.2) is 17.5 Å². The molecule has 0 saturated carbocycles. The first-order chi connectivity index (χ1) is 9.59. The Morgan fingerprint density at radius 2 is 2.10 bits per heavy atom. The molecule has 0 bridgehead atoms. The van der Waals surface area contributed by atoms with Crippen LogP contribution in [0.5, 0.6) is 0 Å². The van der Waals surface area contributed by atoms with Gasteiger partial charge in [-0.25, -0.2) is 0 Å². The highest BCUT2D eigenvalue weighted by molar-refractivity contribution is 7.09. The molecule has 1 aromatic rings. The van der Waals surface area contributed by atoms with E-state index in [4.69, 9.17) is 0 Å². The van der Waals surface area contributed by atoms with E-state index >= 15 is 0 Å². The van der Waals surface area contributed by atoms with Crippen LogP contribution in [0.2, 0.25) is 0 Å². The molecule has 0 radical (unpaired) electrons. The first-order valence-electron chi connectivity index (χ1n) is 8.01. The molecule has 3 heteroatoms. The molecule has 1 aromatic heterocycles. The number of nitrogens with zero attached hydrogens (tertiary/aromatic N) is 1. The van der Waals surface area contributed by atoms with Crippen LogP contribution >= 0.6 is 11.3 Å². The molecule has 1 N–H and O–H groups in total. The Balaban J connectivity index is 2.38. The van der Waals surface area contributed by atoms with Gasteiger partial charge in [-0.3, -0.25) is 0 Å². The van der Waals surface area contributed by atoms with Gasteiger partial charge in [-0.05, 0) is 49.7 Å². The molecule has 1 heterocycles. The molecule has 0 fully saturated rings. The summed E-state index contributed by atoms with van der Waals surface area (Å²) >= 11 is 1.87. The Morgan fingerprint density at radius 1 is 1.30 bits per heavy atom. The minimum atomic E-state index is 0.397. The average Bonchev–Trinajstić information content (AvgIpc) is 2.90. The fourth-order valence-electron chi connectivity index (χ4n) is 2.88. The van der Waals surface area contributed by atoms with Gasteiger partial charge in [0.25, 0.3) is 0 Å². The monoisotopic (exact) mass is 296 g/mol. The van der Waals surface area contributed by atoms with Gasteiger partial charge < -0.3 is 10.2 Å². The number of nitrogens with one attached hydrogen (secondary N) is 1. The zero-order valence-electron chi connectivity index (χ0n) is 13.7. The summed E-state index contributed by atoms with van der Waals surface area (Å²) in [7, 11) is 2.27. The van der Waals surface area contributed by atoms with Crippen LogP contribution < -0.4 is 5.32 Å². The summed E-state index contributed by atoms with van der Waals surface area (Å²) in [6, 6.07) is 4.39. The van der Waals surface area contributed by atoms with Crippen molar-refractivity contribution < 1.29 is 0 Å². The van der Waals surface area contributed by atoms with Gasteiger partial charge in [-0.1, -0.05) is 33.3 Å². The molecule has 0 aliphatic heterocycles. The number of hydrogen-bond donors (Lipinski definition) is 1. The molecule has 2 nitrogen and oxygen atoms in total. The van der Waals surface area contributed by atoms with Crippen molar-refractivity contribution in [2.45, 2.75) is 46.5 Å². The van der Waals surface area contributed by atoms with Crippen molar-refractivity contribution in [2.75, 3.05) is 33.2 Å². The number of thiophene rings is 1. The second-order valence-corrected chi connectivity index (χ2v) is 7.34. The third-order valence-electron chi connectivity index (χ3n) is 3.80.